The second-order valence-electron chi connectivity index (χ2n) is 10.5. The van der Waals surface area contributed by atoms with Gasteiger partial charge in [0.15, 0.2) is 0 Å². The smallest absolute Gasteiger partial charge is 0.257 e. The SMILES string of the molecule is COC(C)(C)C(=O)Nc1cc(-c2cccc(-c3cc(NC(=O)c4ccnc(C(C)(C)C#N)c4)cnc3C)c2)ncn1. The number of benzene rings is 1. The number of carbonyl (C=O) groups excluding carboxylic acids is 2. The Morgan fingerprint density at radius 3 is 2.41 bits per heavy atom. The van der Waals surface area contributed by atoms with Gasteiger partial charge in [-0.3, -0.25) is 19.6 Å². The number of nitriles is 1. The van der Waals surface area contributed by atoms with Crippen LogP contribution in [0.15, 0.2) is 67.3 Å². The average Bonchev–Trinajstić information content (AvgIpc) is 2.98. The molecule has 0 aliphatic heterocycles. The number of aryl methyl sites for hydroxylation is 1. The minimum absolute atomic E-state index is 0.323. The molecule has 3 aromatic heterocycles. The minimum Gasteiger partial charge on any atom is -0.369 e. The number of nitrogens with zero attached hydrogens (tertiary/aromatic N) is 5. The van der Waals surface area contributed by atoms with Gasteiger partial charge in [-0.05, 0) is 64.4 Å². The molecule has 3 heterocycles. The molecule has 0 atom stereocenters. The highest BCUT2D eigenvalue weighted by molar-refractivity contribution is 6.04. The van der Waals surface area contributed by atoms with Crippen LogP contribution >= 0.6 is 0 Å². The number of nitrogens with one attached hydrogen (secondary N) is 2. The molecule has 0 unspecified atom stereocenters. The zero-order chi connectivity index (χ0) is 29.8. The number of hydrogen-bond donors (Lipinski definition) is 2. The van der Waals surface area contributed by atoms with Gasteiger partial charge in [0.25, 0.3) is 11.8 Å². The van der Waals surface area contributed by atoms with E-state index in [9.17, 15) is 14.9 Å². The highest BCUT2D eigenvalue weighted by Gasteiger charge is 2.27. The van der Waals surface area contributed by atoms with E-state index >= 15 is 0 Å². The summed E-state index contributed by atoms with van der Waals surface area (Å²) < 4.78 is 5.24. The summed E-state index contributed by atoms with van der Waals surface area (Å²) in [5.41, 5.74) is 3.50. The van der Waals surface area contributed by atoms with Gasteiger partial charge in [-0.15, -0.1) is 0 Å². The van der Waals surface area contributed by atoms with Crippen LogP contribution in [0.2, 0.25) is 0 Å². The number of pyridine rings is 2. The predicted molar refractivity (Wildman–Crippen MR) is 156 cm³/mol. The second-order valence-corrected chi connectivity index (χ2v) is 10.5. The molecule has 0 aliphatic rings. The van der Waals surface area contributed by atoms with E-state index in [-0.39, 0.29) is 11.8 Å². The lowest BCUT2D eigenvalue weighted by Crippen LogP contribution is -2.39. The van der Waals surface area contributed by atoms with E-state index in [0.29, 0.717) is 28.5 Å². The van der Waals surface area contributed by atoms with E-state index in [1.807, 2.05) is 37.3 Å². The maximum absolute atomic E-state index is 13.0. The fourth-order valence-corrected chi connectivity index (χ4v) is 3.86. The molecule has 41 heavy (non-hydrogen) atoms. The molecular weight excluding hydrogens is 518 g/mol. The standard InChI is InChI=1S/C31H31N7O3/c1-19-24(14-23(16-34-19)37-28(39)22-10-11-33-26(13-22)30(2,3)17-32)20-8-7-9-21(12-20)25-15-27(36-18-35-25)38-29(40)31(4,5)41-6/h7-16,18H,1-6H3,(H,37,39)(H,35,36,38,40). The number of aromatic nitrogens is 4. The molecule has 0 aliphatic carbocycles. The van der Waals surface area contributed by atoms with Gasteiger partial charge >= 0.3 is 0 Å². The molecule has 0 spiro atoms. The fraction of sp³-hybridized carbons (Fsp3) is 0.258. The molecule has 10 nitrogen and oxygen atoms in total. The molecule has 0 saturated carbocycles. The molecule has 208 valence electrons. The van der Waals surface area contributed by atoms with E-state index < -0.39 is 11.0 Å². The first-order valence-corrected chi connectivity index (χ1v) is 12.9. The Balaban J connectivity index is 1.59. The van der Waals surface area contributed by atoms with Gasteiger partial charge in [0.2, 0.25) is 0 Å². The Morgan fingerprint density at radius 2 is 1.68 bits per heavy atom. The highest BCUT2D eigenvalue weighted by Crippen LogP contribution is 2.30. The molecule has 2 N–H and O–H groups in total. The van der Waals surface area contributed by atoms with E-state index in [1.165, 1.54) is 19.6 Å². The Labute approximate surface area is 238 Å². The second kappa shape index (κ2) is 11.6. The first-order chi connectivity index (χ1) is 19.4. The molecule has 0 fully saturated rings. The first kappa shape index (κ1) is 29.0. The minimum atomic E-state index is -1.01. The first-order valence-electron chi connectivity index (χ1n) is 12.9. The van der Waals surface area contributed by atoms with Crippen LogP contribution in [0.3, 0.4) is 0 Å². The number of rotatable bonds is 8. The number of ether oxygens (including phenoxy) is 1. The third-order valence-corrected chi connectivity index (χ3v) is 6.72. The highest BCUT2D eigenvalue weighted by atomic mass is 16.5. The molecule has 0 saturated heterocycles. The summed E-state index contributed by atoms with van der Waals surface area (Å²) >= 11 is 0. The summed E-state index contributed by atoms with van der Waals surface area (Å²) in [6.45, 7) is 8.74. The topological polar surface area (TPSA) is 143 Å². The molecule has 0 bridgehead atoms. The van der Waals surface area contributed by atoms with Crippen LogP contribution < -0.4 is 10.6 Å². The normalized spacial score (nSPS) is 11.4. The van der Waals surface area contributed by atoms with Crippen molar-refractivity contribution >= 4 is 23.3 Å². The molecule has 2 amide bonds. The number of carbonyl (C=O) groups is 2. The van der Waals surface area contributed by atoms with E-state index in [2.05, 4.69) is 36.6 Å². The van der Waals surface area contributed by atoms with Gasteiger partial charge in [-0.2, -0.15) is 5.26 Å². The van der Waals surface area contributed by atoms with Gasteiger partial charge in [-0.1, -0.05) is 18.2 Å². The molecule has 4 rings (SSSR count). The fourth-order valence-electron chi connectivity index (χ4n) is 3.86. The van der Waals surface area contributed by atoms with E-state index in [0.717, 1.165) is 22.4 Å². The summed E-state index contributed by atoms with van der Waals surface area (Å²) in [5.74, 6) is -0.300. The van der Waals surface area contributed by atoms with Gasteiger partial charge in [0.1, 0.15) is 17.7 Å². The Kier molecular flexibility index (Phi) is 8.21. The van der Waals surface area contributed by atoms with Crippen LogP contribution in [-0.2, 0) is 14.9 Å². The third-order valence-electron chi connectivity index (χ3n) is 6.72. The maximum Gasteiger partial charge on any atom is 0.257 e. The Bertz CT molecular complexity index is 1660. The van der Waals surface area contributed by atoms with Crippen molar-refractivity contribution < 1.29 is 14.3 Å². The van der Waals surface area contributed by atoms with Crippen LogP contribution in [0.4, 0.5) is 11.5 Å². The van der Waals surface area contributed by atoms with Crippen molar-refractivity contribution in [3.8, 4) is 28.5 Å². The summed E-state index contributed by atoms with van der Waals surface area (Å²) in [6.07, 6.45) is 4.52. The van der Waals surface area contributed by atoms with Gasteiger partial charge < -0.3 is 15.4 Å². The van der Waals surface area contributed by atoms with Crippen molar-refractivity contribution in [2.45, 2.75) is 45.6 Å². The van der Waals surface area contributed by atoms with Gasteiger partial charge in [-0.25, -0.2) is 9.97 Å². The number of amides is 2. The lowest BCUT2D eigenvalue weighted by molar-refractivity contribution is -0.133. The van der Waals surface area contributed by atoms with Gasteiger partial charge in [0.05, 0.1) is 34.8 Å². The van der Waals surface area contributed by atoms with Crippen LogP contribution in [0.5, 0.6) is 0 Å². The zero-order valence-electron chi connectivity index (χ0n) is 23.8. The lowest BCUT2D eigenvalue weighted by atomic mass is 9.90. The van der Waals surface area contributed by atoms with Gasteiger partial charge in [0, 0.05) is 41.8 Å². The Morgan fingerprint density at radius 1 is 0.927 bits per heavy atom. The maximum atomic E-state index is 13.0. The zero-order valence-corrected chi connectivity index (χ0v) is 23.8. The summed E-state index contributed by atoms with van der Waals surface area (Å²) in [5, 5.41) is 15.1. The van der Waals surface area contributed by atoms with Crippen LogP contribution in [0, 0.1) is 18.3 Å². The average molecular weight is 550 g/mol. The van der Waals surface area contributed by atoms with Crippen LogP contribution in [-0.4, -0.2) is 44.5 Å². The third kappa shape index (κ3) is 6.59. The summed E-state index contributed by atoms with van der Waals surface area (Å²) in [6, 6.07) is 16.7. The van der Waals surface area contributed by atoms with Crippen LogP contribution in [0.25, 0.3) is 22.4 Å². The van der Waals surface area contributed by atoms with Crippen molar-refractivity contribution in [1.29, 1.82) is 5.26 Å². The van der Waals surface area contributed by atoms with Crippen LogP contribution in [0.1, 0.15) is 49.4 Å². The number of methoxy groups -OCH3 is 1. The molecule has 10 heteroatoms. The monoisotopic (exact) mass is 549 g/mol. The number of hydrogen-bond acceptors (Lipinski definition) is 8. The molecular formula is C31H31N7O3. The van der Waals surface area contributed by atoms with Crippen molar-refractivity contribution in [1.82, 2.24) is 19.9 Å². The van der Waals surface area contributed by atoms with Crippen molar-refractivity contribution in [3.05, 3.63) is 84.2 Å². The van der Waals surface area contributed by atoms with Crippen molar-refractivity contribution in [2.24, 2.45) is 0 Å². The molecule has 1 aromatic carbocycles. The van der Waals surface area contributed by atoms with E-state index in [1.54, 1.807) is 52.1 Å². The largest absolute Gasteiger partial charge is 0.369 e. The van der Waals surface area contributed by atoms with E-state index in [4.69, 9.17) is 4.74 Å². The lowest BCUT2D eigenvalue weighted by Gasteiger charge is -2.21. The summed E-state index contributed by atoms with van der Waals surface area (Å²) in [7, 11) is 1.47. The predicted octanol–water partition coefficient (Wildman–Crippen LogP) is 5.33. The number of anilines is 2. The summed E-state index contributed by atoms with van der Waals surface area (Å²) in [4.78, 5) is 42.9. The molecule has 4 aromatic rings. The quantitative estimate of drug-likeness (QED) is 0.300. The Hall–Kier alpha value is -5.01. The molecule has 0 radical (unpaired) electrons. The van der Waals surface area contributed by atoms with Crippen molar-refractivity contribution in [2.75, 3.05) is 17.7 Å². The van der Waals surface area contributed by atoms with Crippen molar-refractivity contribution in [3.63, 3.8) is 0 Å².